The summed E-state index contributed by atoms with van der Waals surface area (Å²) < 4.78 is 12.0. The highest BCUT2D eigenvalue weighted by molar-refractivity contribution is 6.06. The van der Waals surface area contributed by atoms with Gasteiger partial charge in [-0.2, -0.15) is 0 Å². The third-order valence-corrected chi connectivity index (χ3v) is 3.74. The molecular formula is C18H18N2O4. The number of amides is 1. The molecule has 2 aromatic carbocycles. The molecule has 0 bridgehead atoms. The van der Waals surface area contributed by atoms with Gasteiger partial charge in [0.15, 0.2) is 5.58 Å². The zero-order valence-corrected chi connectivity index (χ0v) is 13.7. The lowest BCUT2D eigenvalue weighted by Crippen LogP contribution is -2.16. The predicted octanol–water partition coefficient (Wildman–Crippen LogP) is 3.44. The summed E-state index contributed by atoms with van der Waals surface area (Å²) in [6.07, 6.45) is 0. The highest BCUT2D eigenvalue weighted by Gasteiger charge is 2.15. The van der Waals surface area contributed by atoms with Gasteiger partial charge in [0, 0.05) is 17.8 Å². The molecule has 1 amide bonds. The van der Waals surface area contributed by atoms with Crippen LogP contribution in [0, 0.1) is 0 Å². The molecule has 0 spiro atoms. The number of ether oxygens (including phenoxy) is 1. The summed E-state index contributed by atoms with van der Waals surface area (Å²) in [7, 11) is 1.52. The Morgan fingerprint density at radius 3 is 2.67 bits per heavy atom. The zero-order chi connectivity index (χ0) is 17.3. The van der Waals surface area contributed by atoms with Crippen LogP contribution in [0.5, 0.6) is 5.75 Å². The zero-order valence-electron chi connectivity index (χ0n) is 13.7. The van der Waals surface area contributed by atoms with Crippen molar-refractivity contribution in [3.63, 3.8) is 0 Å². The number of methoxy groups -OCH3 is 1. The number of anilines is 1. The van der Waals surface area contributed by atoms with Gasteiger partial charge in [-0.25, -0.2) is 4.79 Å². The fourth-order valence-corrected chi connectivity index (χ4v) is 2.63. The average Bonchev–Trinajstić information content (AvgIpc) is 2.89. The van der Waals surface area contributed by atoms with Gasteiger partial charge in [0.1, 0.15) is 5.75 Å². The smallest absolute Gasteiger partial charge is 0.420 e. The number of oxazole rings is 1. The Morgan fingerprint density at radius 1 is 1.21 bits per heavy atom. The molecule has 0 radical (unpaired) electrons. The van der Waals surface area contributed by atoms with Crippen molar-refractivity contribution in [2.24, 2.45) is 0 Å². The number of benzene rings is 2. The largest absolute Gasteiger partial charge is 0.496 e. The van der Waals surface area contributed by atoms with Crippen molar-refractivity contribution in [3.8, 4) is 5.75 Å². The Kier molecular flexibility index (Phi) is 4.12. The van der Waals surface area contributed by atoms with Gasteiger partial charge >= 0.3 is 5.76 Å². The molecule has 1 N–H and O–H groups in total. The monoisotopic (exact) mass is 326 g/mol. The van der Waals surface area contributed by atoms with Gasteiger partial charge in [0.25, 0.3) is 5.91 Å². The molecule has 1 heterocycles. The summed E-state index contributed by atoms with van der Waals surface area (Å²) in [6, 6.07) is 12.1. The van der Waals surface area contributed by atoms with E-state index < -0.39 is 5.76 Å². The summed E-state index contributed by atoms with van der Waals surface area (Å²) in [5.74, 6) is -0.209. The van der Waals surface area contributed by atoms with Crippen molar-refractivity contribution < 1.29 is 13.9 Å². The molecule has 124 valence electrons. The number of aromatic nitrogens is 1. The van der Waals surface area contributed by atoms with Gasteiger partial charge < -0.3 is 14.5 Å². The van der Waals surface area contributed by atoms with Crippen LogP contribution in [-0.2, 0) is 0 Å². The maximum atomic E-state index is 12.4. The van der Waals surface area contributed by atoms with Crippen LogP contribution in [0.25, 0.3) is 11.1 Å². The first kappa shape index (κ1) is 15.9. The van der Waals surface area contributed by atoms with Crippen LogP contribution in [0.1, 0.15) is 30.2 Å². The summed E-state index contributed by atoms with van der Waals surface area (Å²) in [4.78, 5) is 24.3. The Morgan fingerprint density at radius 2 is 1.96 bits per heavy atom. The fourth-order valence-electron chi connectivity index (χ4n) is 2.63. The number of nitrogens with zero attached hydrogens (tertiary/aromatic N) is 1. The maximum absolute atomic E-state index is 12.4. The lowest BCUT2D eigenvalue weighted by molar-refractivity contribution is 0.102. The van der Waals surface area contributed by atoms with E-state index in [9.17, 15) is 9.59 Å². The molecule has 0 unspecified atom stereocenters. The Labute approximate surface area is 138 Å². The normalized spacial score (nSPS) is 11.0. The quantitative estimate of drug-likeness (QED) is 0.797. The maximum Gasteiger partial charge on any atom is 0.420 e. The molecular weight excluding hydrogens is 308 g/mol. The number of nitrogens with one attached hydrogen (secondary N) is 1. The van der Waals surface area contributed by atoms with Crippen molar-refractivity contribution in [2.45, 2.75) is 19.9 Å². The molecule has 0 aliphatic rings. The fraction of sp³-hybridized carbons (Fsp3) is 0.222. The number of hydrogen-bond donors (Lipinski definition) is 1. The van der Waals surface area contributed by atoms with E-state index in [1.54, 1.807) is 47.0 Å². The second-order valence-corrected chi connectivity index (χ2v) is 5.67. The summed E-state index contributed by atoms with van der Waals surface area (Å²) in [5, 5.41) is 2.79. The molecule has 0 saturated heterocycles. The Balaban J connectivity index is 1.93. The summed E-state index contributed by atoms with van der Waals surface area (Å²) in [6.45, 7) is 3.82. The van der Waals surface area contributed by atoms with Gasteiger partial charge in [-0.15, -0.1) is 0 Å². The molecule has 3 rings (SSSR count). The van der Waals surface area contributed by atoms with E-state index in [1.165, 1.54) is 7.11 Å². The summed E-state index contributed by atoms with van der Waals surface area (Å²) >= 11 is 0. The highest BCUT2D eigenvalue weighted by Crippen LogP contribution is 2.23. The SMILES string of the molecule is COc1ccccc1C(=O)Nc1ccc2c(c1)oc(=O)n2C(C)C. The van der Waals surface area contributed by atoms with Gasteiger partial charge in [-0.05, 0) is 38.1 Å². The van der Waals surface area contributed by atoms with E-state index in [0.29, 0.717) is 28.1 Å². The lowest BCUT2D eigenvalue weighted by atomic mass is 10.2. The lowest BCUT2D eigenvalue weighted by Gasteiger charge is -2.09. The number of fused-ring (bicyclic) bond motifs is 1. The summed E-state index contributed by atoms with van der Waals surface area (Å²) in [5.41, 5.74) is 2.11. The van der Waals surface area contributed by atoms with Gasteiger partial charge in [-0.3, -0.25) is 9.36 Å². The van der Waals surface area contributed by atoms with Crippen molar-refractivity contribution in [1.29, 1.82) is 0 Å². The molecule has 6 nitrogen and oxygen atoms in total. The first-order chi connectivity index (χ1) is 11.5. The first-order valence-corrected chi connectivity index (χ1v) is 7.60. The second-order valence-electron chi connectivity index (χ2n) is 5.67. The van der Waals surface area contributed by atoms with Gasteiger partial charge in [-0.1, -0.05) is 12.1 Å². The van der Waals surface area contributed by atoms with Crippen LogP contribution in [0.4, 0.5) is 5.69 Å². The van der Waals surface area contributed by atoms with Crippen LogP contribution in [0.3, 0.4) is 0 Å². The van der Waals surface area contributed by atoms with E-state index in [0.717, 1.165) is 0 Å². The van der Waals surface area contributed by atoms with Crippen molar-refractivity contribution >= 4 is 22.7 Å². The number of carbonyl (C=O) groups excluding carboxylic acids is 1. The van der Waals surface area contributed by atoms with Crippen LogP contribution >= 0.6 is 0 Å². The molecule has 24 heavy (non-hydrogen) atoms. The molecule has 0 aliphatic heterocycles. The molecule has 0 saturated carbocycles. The number of hydrogen-bond acceptors (Lipinski definition) is 4. The minimum atomic E-state index is -0.409. The molecule has 3 aromatic rings. The molecule has 1 aromatic heterocycles. The number of carbonyl (C=O) groups is 1. The van der Waals surface area contributed by atoms with E-state index in [-0.39, 0.29) is 11.9 Å². The van der Waals surface area contributed by atoms with E-state index >= 15 is 0 Å². The van der Waals surface area contributed by atoms with Crippen molar-refractivity contribution in [1.82, 2.24) is 4.57 Å². The molecule has 0 atom stereocenters. The van der Waals surface area contributed by atoms with Crippen molar-refractivity contribution in [3.05, 3.63) is 58.6 Å². The Hall–Kier alpha value is -3.02. The average molecular weight is 326 g/mol. The third-order valence-electron chi connectivity index (χ3n) is 3.74. The van der Waals surface area contributed by atoms with E-state index in [4.69, 9.17) is 9.15 Å². The molecule has 6 heteroatoms. The van der Waals surface area contributed by atoms with Crippen LogP contribution in [0.15, 0.2) is 51.7 Å². The van der Waals surface area contributed by atoms with Crippen LogP contribution in [-0.4, -0.2) is 17.6 Å². The topological polar surface area (TPSA) is 73.5 Å². The number of rotatable bonds is 4. The van der Waals surface area contributed by atoms with E-state index in [1.807, 2.05) is 13.8 Å². The minimum absolute atomic E-state index is 0.00669. The van der Waals surface area contributed by atoms with Gasteiger partial charge in [0.2, 0.25) is 0 Å². The van der Waals surface area contributed by atoms with Crippen LogP contribution in [0.2, 0.25) is 0 Å². The standard InChI is InChI=1S/C18H18N2O4/c1-11(2)20-14-9-8-12(10-16(14)24-18(20)22)19-17(21)13-6-4-5-7-15(13)23-3/h4-11H,1-3H3,(H,19,21). The predicted molar refractivity (Wildman–Crippen MR) is 91.8 cm³/mol. The number of para-hydroxylation sites is 1. The minimum Gasteiger partial charge on any atom is -0.496 e. The van der Waals surface area contributed by atoms with Crippen LogP contribution < -0.4 is 15.8 Å². The Bertz CT molecular complexity index is 953. The van der Waals surface area contributed by atoms with Gasteiger partial charge in [0.05, 0.1) is 18.2 Å². The van der Waals surface area contributed by atoms with E-state index in [2.05, 4.69) is 5.32 Å². The molecule has 0 aliphatic carbocycles. The molecule has 0 fully saturated rings. The van der Waals surface area contributed by atoms with Crippen molar-refractivity contribution in [2.75, 3.05) is 12.4 Å². The third kappa shape index (κ3) is 2.78. The highest BCUT2D eigenvalue weighted by atomic mass is 16.5. The second kappa shape index (κ2) is 6.23. The first-order valence-electron chi connectivity index (χ1n) is 7.60.